The van der Waals surface area contributed by atoms with E-state index in [1.807, 2.05) is 60.7 Å². The lowest BCUT2D eigenvalue weighted by molar-refractivity contribution is 0.251. The standard InChI is InChI=1S/C23H25N3O2/c1-23(2,3)18-10-12-19(13-11-18)26-22(27)25-16-17-7-6-8-20(15-17)28-21-9-4-5-14-24-21/h4-15H,16H2,1-3H3,(H2,25,26,27). The molecule has 144 valence electrons. The zero-order chi connectivity index (χ0) is 20.0. The Bertz CT molecular complexity index is 917. The van der Waals surface area contributed by atoms with E-state index in [-0.39, 0.29) is 11.4 Å². The molecule has 5 heteroatoms. The average molecular weight is 375 g/mol. The molecule has 1 aromatic heterocycles. The van der Waals surface area contributed by atoms with Gasteiger partial charge in [-0.05, 0) is 46.9 Å². The number of hydrogen-bond donors (Lipinski definition) is 2. The number of pyridine rings is 1. The lowest BCUT2D eigenvalue weighted by atomic mass is 9.87. The molecule has 0 atom stereocenters. The van der Waals surface area contributed by atoms with Crippen LogP contribution in [0, 0.1) is 0 Å². The fourth-order valence-electron chi connectivity index (χ4n) is 2.66. The first-order valence-electron chi connectivity index (χ1n) is 9.23. The van der Waals surface area contributed by atoms with E-state index in [2.05, 4.69) is 36.4 Å². The molecule has 3 aromatic rings. The molecule has 0 bridgehead atoms. The summed E-state index contributed by atoms with van der Waals surface area (Å²) >= 11 is 0. The second-order valence-corrected chi connectivity index (χ2v) is 7.55. The van der Waals surface area contributed by atoms with E-state index in [4.69, 9.17) is 4.74 Å². The van der Waals surface area contributed by atoms with Crippen molar-refractivity contribution in [3.8, 4) is 11.6 Å². The van der Waals surface area contributed by atoms with Crippen molar-refractivity contribution in [1.29, 1.82) is 0 Å². The van der Waals surface area contributed by atoms with Gasteiger partial charge in [-0.15, -0.1) is 0 Å². The maximum atomic E-state index is 12.2. The number of nitrogens with zero attached hydrogens (tertiary/aromatic N) is 1. The molecule has 0 radical (unpaired) electrons. The van der Waals surface area contributed by atoms with Gasteiger partial charge in [0.25, 0.3) is 0 Å². The summed E-state index contributed by atoms with van der Waals surface area (Å²) in [5.41, 5.74) is 3.01. The molecule has 0 fully saturated rings. The molecule has 0 spiro atoms. The highest BCUT2D eigenvalue weighted by Crippen LogP contribution is 2.23. The van der Waals surface area contributed by atoms with Crippen molar-refractivity contribution in [2.45, 2.75) is 32.7 Å². The number of nitrogens with one attached hydrogen (secondary N) is 2. The summed E-state index contributed by atoms with van der Waals surface area (Å²) in [5, 5.41) is 5.72. The van der Waals surface area contributed by atoms with E-state index in [9.17, 15) is 4.79 Å². The minimum absolute atomic E-state index is 0.0865. The van der Waals surface area contributed by atoms with Gasteiger partial charge in [-0.25, -0.2) is 9.78 Å². The number of carbonyl (C=O) groups excluding carboxylic acids is 1. The summed E-state index contributed by atoms with van der Waals surface area (Å²) < 4.78 is 5.72. The number of amides is 2. The van der Waals surface area contributed by atoms with Crippen molar-refractivity contribution in [3.05, 3.63) is 84.1 Å². The number of hydrogen-bond acceptors (Lipinski definition) is 3. The SMILES string of the molecule is CC(C)(C)c1ccc(NC(=O)NCc2cccc(Oc3ccccn3)c2)cc1. The number of ether oxygens (including phenoxy) is 1. The van der Waals surface area contributed by atoms with Crippen molar-refractivity contribution in [2.24, 2.45) is 0 Å². The van der Waals surface area contributed by atoms with Crippen molar-refractivity contribution in [1.82, 2.24) is 10.3 Å². The highest BCUT2D eigenvalue weighted by molar-refractivity contribution is 5.89. The second-order valence-electron chi connectivity index (χ2n) is 7.55. The Morgan fingerprint density at radius 3 is 2.46 bits per heavy atom. The average Bonchev–Trinajstić information content (AvgIpc) is 2.67. The first-order chi connectivity index (χ1) is 13.4. The van der Waals surface area contributed by atoms with Gasteiger partial charge in [-0.3, -0.25) is 0 Å². The lowest BCUT2D eigenvalue weighted by Crippen LogP contribution is -2.28. The molecule has 2 N–H and O–H groups in total. The van der Waals surface area contributed by atoms with Crippen LogP contribution in [0.2, 0.25) is 0 Å². The smallest absolute Gasteiger partial charge is 0.319 e. The van der Waals surface area contributed by atoms with Crippen LogP contribution in [0.3, 0.4) is 0 Å². The van der Waals surface area contributed by atoms with Crippen LogP contribution in [0.1, 0.15) is 31.9 Å². The Morgan fingerprint density at radius 1 is 1.00 bits per heavy atom. The Kier molecular flexibility index (Phi) is 5.94. The van der Waals surface area contributed by atoms with E-state index in [1.54, 1.807) is 12.3 Å². The van der Waals surface area contributed by atoms with Gasteiger partial charge in [0.05, 0.1) is 0 Å². The third-order valence-corrected chi connectivity index (χ3v) is 4.22. The largest absolute Gasteiger partial charge is 0.439 e. The predicted octanol–water partition coefficient (Wildman–Crippen LogP) is 5.49. The molecule has 0 aliphatic carbocycles. The topological polar surface area (TPSA) is 63.2 Å². The molecule has 0 saturated heterocycles. The van der Waals surface area contributed by atoms with Crippen LogP contribution < -0.4 is 15.4 Å². The van der Waals surface area contributed by atoms with Gasteiger partial charge in [0, 0.05) is 24.5 Å². The van der Waals surface area contributed by atoms with Crippen molar-refractivity contribution in [2.75, 3.05) is 5.32 Å². The van der Waals surface area contributed by atoms with E-state index in [0.717, 1.165) is 11.3 Å². The molecule has 2 amide bonds. The number of rotatable bonds is 5. The second kappa shape index (κ2) is 8.57. The minimum Gasteiger partial charge on any atom is -0.439 e. The van der Waals surface area contributed by atoms with E-state index in [0.29, 0.717) is 18.2 Å². The molecule has 0 aliphatic rings. The normalized spacial score (nSPS) is 11.0. The molecule has 5 nitrogen and oxygen atoms in total. The van der Waals surface area contributed by atoms with Crippen LogP contribution in [-0.4, -0.2) is 11.0 Å². The zero-order valence-corrected chi connectivity index (χ0v) is 16.4. The third-order valence-electron chi connectivity index (χ3n) is 4.22. The molecule has 0 saturated carbocycles. The molecule has 0 unspecified atom stereocenters. The number of anilines is 1. The van der Waals surface area contributed by atoms with Gasteiger partial charge in [0.15, 0.2) is 0 Å². The van der Waals surface area contributed by atoms with Gasteiger partial charge in [-0.1, -0.05) is 51.1 Å². The first kappa shape index (κ1) is 19.4. The Balaban J connectivity index is 1.54. The molecule has 2 aromatic carbocycles. The Labute approximate surface area is 165 Å². The van der Waals surface area contributed by atoms with Crippen LogP contribution in [-0.2, 0) is 12.0 Å². The summed E-state index contributed by atoms with van der Waals surface area (Å²) in [5.74, 6) is 1.21. The van der Waals surface area contributed by atoms with E-state index < -0.39 is 0 Å². The maximum Gasteiger partial charge on any atom is 0.319 e. The van der Waals surface area contributed by atoms with Crippen LogP contribution in [0.25, 0.3) is 0 Å². The number of urea groups is 1. The van der Waals surface area contributed by atoms with Gasteiger partial charge >= 0.3 is 6.03 Å². The van der Waals surface area contributed by atoms with Gasteiger partial charge in [0.2, 0.25) is 5.88 Å². The fourth-order valence-corrected chi connectivity index (χ4v) is 2.66. The molecule has 0 aliphatic heterocycles. The maximum absolute atomic E-state index is 12.2. The lowest BCUT2D eigenvalue weighted by Gasteiger charge is -2.19. The van der Waals surface area contributed by atoms with Crippen molar-refractivity contribution < 1.29 is 9.53 Å². The number of aromatic nitrogens is 1. The van der Waals surface area contributed by atoms with Crippen LogP contribution in [0.5, 0.6) is 11.6 Å². The molecule has 3 rings (SSSR count). The summed E-state index contributed by atoms with van der Waals surface area (Å²) in [6, 6.07) is 20.7. The van der Waals surface area contributed by atoms with E-state index in [1.165, 1.54) is 5.56 Å². The van der Waals surface area contributed by atoms with Crippen LogP contribution >= 0.6 is 0 Å². The first-order valence-corrected chi connectivity index (χ1v) is 9.23. The zero-order valence-electron chi connectivity index (χ0n) is 16.4. The summed E-state index contributed by atoms with van der Waals surface area (Å²) in [7, 11) is 0. The quantitative estimate of drug-likeness (QED) is 0.619. The van der Waals surface area contributed by atoms with Crippen LogP contribution in [0.15, 0.2) is 72.9 Å². The third kappa shape index (κ3) is 5.58. The number of carbonyl (C=O) groups is 1. The highest BCUT2D eigenvalue weighted by Gasteiger charge is 2.13. The molecular weight excluding hydrogens is 350 g/mol. The molecular formula is C23H25N3O2. The van der Waals surface area contributed by atoms with Gasteiger partial charge in [0.1, 0.15) is 5.75 Å². The van der Waals surface area contributed by atoms with Crippen molar-refractivity contribution in [3.63, 3.8) is 0 Å². The summed E-state index contributed by atoms with van der Waals surface area (Å²) in [4.78, 5) is 16.3. The van der Waals surface area contributed by atoms with Gasteiger partial charge in [-0.2, -0.15) is 0 Å². The molecule has 28 heavy (non-hydrogen) atoms. The Hall–Kier alpha value is -3.34. The highest BCUT2D eigenvalue weighted by atomic mass is 16.5. The fraction of sp³-hybridized carbons (Fsp3) is 0.217. The van der Waals surface area contributed by atoms with E-state index >= 15 is 0 Å². The van der Waals surface area contributed by atoms with Crippen LogP contribution in [0.4, 0.5) is 10.5 Å². The summed E-state index contributed by atoms with van der Waals surface area (Å²) in [6.07, 6.45) is 1.68. The number of benzene rings is 2. The summed E-state index contributed by atoms with van der Waals surface area (Å²) in [6.45, 7) is 6.88. The minimum atomic E-state index is -0.250. The van der Waals surface area contributed by atoms with Crippen molar-refractivity contribution >= 4 is 11.7 Å². The predicted molar refractivity (Wildman–Crippen MR) is 112 cm³/mol. The monoisotopic (exact) mass is 375 g/mol. The Morgan fingerprint density at radius 2 is 1.79 bits per heavy atom. The molecule has 1 heterocycles. The van der Waals surface area contributed by atoms with Gasteiger partial charge < -0.3 is 15.4 Å².